The van der Waals surface area contributed by atoms with Gasteiger partial charge in [-0.15, -0.1) is 0 Å². The first kappa shape index (κ1) is 12.8. The molecule has 4 nitrogen and oxygen atoms in total. The predicted molar refractivity (Wildman–Crippen MR) is 78.0 cm³/mol. The molecule has 18 heavy (non-hydrogen) atoms. The van der Waals surface area contributed by atoms with Crippen molar-refractivity contribution < 1.29 is 0 Å². The molecule has 2 aromatic rings. The first-order valence-corrected chi connectivity index (χ1v) is 6.44. The summed E-state index contributed by atoms with van der Waals surface area (Å²) in [5.74, 6) is 0.678. The van der Waals surface area contributed by atoms with Gasteiger partial charge in [-0.25, -0.2) is 9.97 Å². The van der Waals surface area contributed by atoms with Crippen molar-refractivity contribution in [3.63, 3.8) is 0 Å². The molecule has 5 heteroatoms. The van der Waals surface area contributed by atoms with Crippen LogP contribution in [0.3, 0.4) is 0 Å². The summed E-state index contributed by atoms with van der Waals surface area (Å²) in [6.07, 6.45) is 3.57. The van der Waals surface area contributed by atoms with E-state index in [4.69, 9.17) is 5.26 Å². The number of hydrogen-bond acceptors (Lipinski definition) is 4. The molecule has 0 amide bonds. The summed E-state index contributed by atoms with van der Waals surface area (Å²) in [5, 5.41) is 8.85. The monoisotopic (exact) mass is 350 g/mol. The molecule has 0 N–H and O–H groups in total. The van der Waals surface area contributed by atoms with E-state index in [9.17, 15) is 0 Å². The van der Waals surface area contributed by atoms with Gasteiger partial charge in [0.25, 0.3) is 0 Å². The van der Waals surface area contributed by atoms with Crippen molar-refractivity contribution in [3.05, 3.63) is 51.4 Å². The molecule has 0 aliphatic heterocycles. The van der Waals surface area contributed by atoms with E-state index >= 15 is 0 Å². The van der Waals surface area contributed by atoms with Crippen LogP contribution in [0.1, 0.15) is 11.1 Å². The minimum atomic E-state index is 0.671. The van der Waals surface area contributed by atoms with E-state index in [0.29, 0.717) is 18.1 Å². The van der Waals surface area contributed by atoms with Gasteiger partial charge in [-0.2, -0.15) is 5.26 Å². The van der Waals surface area contributed by atoms with Crippen LogP contribution >= 0.6 is 22.6 Å². The van der Waals surface area contributed by atoms with Crippen LogP contribution in [0.15, 0.2) is 36.7 Å². The Bertz CT molecular complexity index is 574. The highest BCUT2D eigenvalue weighted by Crippen LogP contribution is 2.12. The maximum atomic E-state index is 8.85. The molecule has 0 unspecified atom stereocenters. The molecular weight excluding hydrogens is 339 g/mol. The van der Waals surface area contributed by atoms with E-state index in [2.05, 4.69) is 38.6 Å². The molecule has 0 atom stereocenters. The van der Waals surface area contributed by atoms with Crippen LogP contribution < -0.4 is 4.90 Å². The molecule has 2 rings (SSSR count). The molecule has 0 aliphatic carbocycles. The van der Waals surface area contributed by atoms with Crippen LogP contribution in [-0.4, -0.2) is 17.0 Å². The van der Waals surface area contributed by atoms with Crippen molar-refractivity contribution in [1.82, 2.24) is 9.97 Å². The molecular formula is C13H11IN4. The third kappa shape index (κ3) is 3.17. The van der Waals surface area contributed by atoms with Crippen LogP contribution in [0, 0.1) is 14.9 Å². The fourth-order valence-corrected chi connectivity index (χ4v) is 1.86. The summed E-state index contributed by atoms with van der Waals surface area (Å²) < 4.78 is 1.01. The molecule has 0 aliphatic rings. The van der Waals surface area contributed by atoms with Crippen LogP contribution in [0.4, 0.5) is 5.95 Å². The second-order valence-corrected chi connectivity index (χ2v) is 5.12. The Balaban J connectivity index is 2.13. The van der Waals surface area contributed by atoms with Crippen LogP contribution in [0.5, 0.6) is 0 Å². The van der Waals surface area contributed by atoms with Crippen molar-refractivity contribution in [1.29, 1.82) is 5.26 Å². The molecule has 1 heterocycles. The smallest absolute Gasteiger partial charge is 0.225 e. The number of nitrogens with zero attached hydrogens (tertiary/aromatic N) is 4. The topological polar surface area (TPSA) is 52.8 Å². The number of hydrogen-bond donors (Lipinski definition) is 0. The van der Waals surface area contributed by atoms with Crippen molar-refractivity contribution >= 4 is 28.5 Å². The van der Waals surface area contributed by atoms with E-state index in [1.807, 2.05) is 30.1 Å². The SMILES string of the molecule is CN(Cc1cccc(C#N)c1)c1ncc(I)cn1. The third-order valence-corrected chi connectivity index (χ3v) is 2.98. The number of halogens is 1. The van der Waals surface area contributed by atoms with E-state index in [-0.39, 0.29) is 0 Å². The Morgan fingerprint density at radius 2 is 2.06 bits per heavy atom. The lowest BCUT2D eigenvalue weighted by molar-refractivity contribution is 0.864. The molecule has 0 fully saturated rings. The molecule has 0 saturated heterocycles. The molecule has 0 bridgehead atoms. The molecule has 0 spiro atoms. The first-order chi connectivity index (χ1) is 8.69. The predicted octanol–water partition coefficient (Wildman–Crippen LogP) is 2.59. The van der Waals surface area contributed by atoms with Gasteiger partial charge in [-0.3, -0.25) is 0 Å². The molecule has 1 aromatic heterocycles. The number of nitriles is 1. The lowest BCUT2D eigenvalue weighted by Gasteiger charge is -2.16. The minimum absolute atomic E-state index is 0.671. The number of benzene rings is 1. The van der Waals surface area contributed by atoms with Crippen molar-refractivity contribution in [2.45, 2.75) is 6.54 Å². The Labute approximate surface area is 119 Å². The maximum absolute atomic E-state index is 8.85. The number of aromatic nitrogens is 2. The zero-order valence-corrected chi connectivity index (χ0v) is 12.0. The fourth-order valence-electron chi connectivity index (χ4n) is 1.59. The normalized spacial score (nSPS) is 9.83. The van der Waals surface area contributed by atoms with Gasteiger partial charge in [0.1, 0.15) is 0 Å². The minimum Gasteiger partial charge on any atom is -0.340 e. The van der Waals surface area contributed by atoms with Crippen LogP contribution in [-0.2, 0) is 6.54 Å². The highest BCUT2D eigenvalue weighted by atomic mass is 127. The van der Waals surface area contributed by atoms with E-state index < -0.39 is 0 Å². The Hall–Kier alpha value is -1.68. The average Bonchev–Trinajstić information content (AvgIpc) is 2.39. The highest BCUT2D eigenvalue weighted by molar-refractivity contribution is 14.1. The van der Waals surface area contributed by atoms with Gasteiger partial charge in [0.05, 0.1) is 11.6 Å². The van der Waals surface area contributed by atoms with Crippen LogP contribution in [0.25, 0.3) is 0 Å². The Morgan fingerprint density at radius 3 is 2.72 bits per heavy atom. The second-order valence-electron chi connectivity index (χ2n) is 3.87. The molecule has 0 saturated carbocycles. The highest BCUT2D eigenvalue weighted by Gasteiger charge is 2.05. The summed E-state index contributed by atoms with van der Waals surface area (Å²) in [4.78, 5) is 10.5. The lowest BCUT2D eigenvalue weighted by atomic mass is 10.1. The second kappa shape index (κ2) is 5.78. The standard InChI is InChI=1S/C13H11IN4/c1-18(13-16-7-12(14)8-17-13)9-11-4-2-3-10(5-11)6-15/h2-5,7-8H,9H2,1H3. The molecule has 1 aromatic carbocycles. The van der Waals surface area contributed by atoms with Gasteiger partial charge in [0.15, 0.2) is 0 Å². The zero-order chi connectivity index (χ0) is 13.0. The van der Waals surface area contributed by atoms with Crippen LogP contribution in [0.2, 0.25) is 0 Å². The van der Waals surface area contributed by atoms with Crippen molar-refractivity contribution in [2.24, 2.45) is 0 Å². The van der Waals surface area contributed by atoms with Gasteiger partial charge in [0, 0.05) is 29.6 Å². The summed E-state index contributed by atoms with van der Waals surface area (Å²) in [6, 6.07) is 9.69. The molecule has 0 radical (unpaired) electrons. The third-order valence-electron chi connectivity index (χ3n) is 2.42. The van der Waals surface area contributed by atoms with Gasteiger partial charge in [0.2, 0.25) is 5.95 Å². The molecule has 90 valence electrons. The summed E-state index contributed by atoms with van der Waals surface area (Å²) in [7, 11) is 1.93. The summed E-state index contributed by atoms with van der Waals surface area (Å²) in [6.45, 7) is 0.677. The summed E-state index contributed by atoms with van der Waals surface area (Å²) >= 11 is 2.17. The first-order valence-electron chi connectivity index (χ1n) is 5.37. The van der Waals surface area contributed by atoms with E-state index in [1.54, 1.807) is 18.5 Å². The van der Waals surface area contributed by atoms with Gasteiger partial charge < -0.3 is 4.90 Å². The van der Waals surface area contributed by atoms with Crippen molar-refractivity contribution in [2.75, 3.05) is 11.9 Å². The number of rotatable bonds is 3. The average molecular weight is 350 g/mol. The van der Waals surface area contributed by atoms with Gasteiger partial charge in [-0.05, 0) is 40.3 Å². The fraction of sp³-hybridized carbons (Fsp3) is 0.154. The van der Waals surface area contributed by atoms with E-state index in [0.717, 1.165) is 9.13 Å². The largest absolute Gasteiger partial charge is 0.340 e. The number of anilines is 1. The van der Waals surface area contributed by atoms with Gasteiger partial charge in [-0.1, -0.05) is 12.1 Å². The Kier molecular flexibility index (Phi) is 4.10. The zero-order valence-electron chi connectivity index (χ0n) is 9.84. The van der Waals surface area contributed by atoms with Gasteiger partial charge >= 0.3 is 0 Å². The maximum Gasteiger partial charge on any atom is 0.225 e. The van der Waals surface area contributed by atoms with E-state index in [1.165, 1.54) is 0 Å². The Morgan fingerprint density at radius 1 is 1.33 bits per heavy atom. The van der Waals surface area contributed by atoms with Crippen molar-refractivity contribution in [3.8, 4) is 6.07 Å². The lowest BCUT2D eigenvalue weighted by Crippen LogP contribution is -2.19. The summed E-state index contributed by atoms with van der Waals surface area (Å²) in [5.41, 5.74) is 1.74. The quantitative estimate of drug-likeness (QED) is 0.799.